The van der Waals surface area contributed by atoms with E-state index in [4.69, 9.17) is 0 Å². The van der Waals surface area contributed by atoms with E-state index in [-0.39, 0.29) is 7.43 Å². The van der Waals surface area contributed by atoms with Crippen molar-refractivity contribution in [2.24, 2.45) is 10.2 Å². The Kier molecular flexibility index (Phi) is 6.16. The van der Waals surface area contributed by atoms with Crippen molar-refractivity contribution in [1.82, 2.24) is 0 Å². The Morgan fingerprint density at radius 2 is 1.19 bits per heavy atom. The average molecular weight is 281 g/mol. The van der Waals surface area contributed by atoms with Crippen LogP contribution in [0.5, 0.6) is 0 Å². The Morgan fingerprint density at radius 1 is 0.762 bits per heavy atom. The number of hydrogen-bond acceptors (Lipinski definition) is 3. The quantitative estimate of drug-likeness (QED) is 0.586. The van der Waals surface area contributed by atoms with Crippen molar-refractivity contribution in [2.45, 2.75) is 21.1 Å². The summed E-state index contributed by atoms with van der Waals surface area (Å²) in [6.07, 6.45) is 0. The fraction of sp³-hybridized carbons (Fsp3) is 0.294. The van der Waals surface area contributed by atoms with Gasteiger partial charge in [0.2, 0.25) is 0 Å². The van der Waals surface area contributed by atoms with Crippen LogP contribution >= 0.6 is 0 Å². The van der Waals surface area contributed by atoms with Gasteiger partial charge in [0.15, 0.2) is 6.71 Å². The lowest BCUT2D eigenvalue weighted by Crippen LogP contribution is -2.21. The van der Waals surface area contributed by atoms with E-state index in [0.29, 0.717) is 6.71 Å². The first-order valence-corrected chi connectivity index (χ1v) is 6.85. The number of nitrogens with zero attached hydrogens (tertiary/aromatic N) is 3. The third kappa shape index (κ3) is 4.74. The Labute approximate surface area is 128 Å². The van der Waals surface area contributed by atoms with E-state index in [1.165, 1.54) is 5.46 Å². The van der Waals surface area contributed by atoms with Gasteiger partial charge in [-0.1, -0.05) is 38.7 Å². The summed E-state index contributed by atoms with van der Waals surface area (Å²) in [5.74, 6) is 0. The molecule has 2 aromatic rings. The van der Waals surface area contributed by atoms with Crippen molar-refractivity contribution in [3.63, 3.8) is 0 Å². The van der Waals surface area contributed by atoms with Crippen molar-refractivity contribution in [1.29, 1.82) is 0 Å². The molecule has 0 N–H and O–H groups in total. The van der Waals surface area contributed by atoms with E-state index in [2.05, 4.69) is 40.9 Å². The summed E-state index contributed by atoms with van der Waals surface area (Å²) in [5.41, 5.74) is 4.22. The second-order valence-electron chi connectivity index (χ2n) is 5.36. The molecular formula is C17H24BN3. The lowest BCUT2D eigenvalue weighted by Gasteiger charge is -2.11. The first-order chi connectivity index (χ1) is 9.56. The third-order valence-electron chi connectivity index (χ3n) is 3.21. The lowest BCUT2D eigenvalue weighted by molar-refractivity contribution is 1.13. The van der Waals surface area contributed by atoms with Crippen molar-refractivity contribution in [3.05, 3.63) is 48.5 Å². The van der Waals surface area contributed by atoms with E-state index >= 15 is 0 Å². The maximum absolute atomic E-state index is 4.26. The molecule has 0 aromatic heterocycles. The van der Waals surface area contributed by atoms with Crippen LogP contribution in [-0.4, -0.2) is 20.8 Å². The van der Waals surface area contributed by atoms with Crippen molar-refractivity contribution >= 4 is 29.2 Å². The second-order valence-corrected chi connectivity index (χ2v) is 5.36. The van der Waals surface area contributed by atoms with E-state index < -0.39 is 0 Å². The van der Waals surface area contributed by atoms with E-state index in [1.807, 2.05) is 50.5 Å². The number of rotatable bonds is 4. The zero-order valence-corrected chi connectivity index (χ0v) is 12.5. The van der Waals surface area contributed by atoms with Crippen LogP contribution in [0, 0.1) is 0 Å². The second kappa shape index (κ2) is 7.62. The van der Waals surface area contributed by atoms with Crippen LogP contribution in [0.2, 0.25) is 13.6 Å². The summed E-state index contributed by atoms with van der Waals surface area (Å²) in [5, 5.41) is 8.52. The molecule has 0 fully saturated rings. The molecule has 0 amide bonds. The van der Waals surface area contributed by atoms with Gasteiger partial charge in [0.25, 0.3) is 0 Å². The molecule has 0 heterocycles. The molecule has 0 aliphatic heterocycles. The maximum atomic E-state index is 4.26. The molecule has 0 saturated carbocycles. The molecular weight excluding hydrogens is 257 g/mol. The Hall–Kier alpha value is -2.10. The van der Waals surface area contributed by atoms with Crippen molar-refractivity contribution < 1.29 is 0 Å². The number of anilines is 1. The van der Waals surface area contributed by atoms with Gasteiger partial charge >= 0.3 is 0 Å². The zero-order valence-electron chi connectivity index (χ0n) is 12.5. The van der Waals surface area contributed by atoms with Gasteiger partial charge in [-0.2, -0.15) is 10.2 Å². The van der Waals surface area contributed by atoms with Gasteiger partial charge in [0.1, 0.15) is 0 Å². The maximum Gasteiger partial charge on any atom is 0.169 e. The van der Waals surface area contributed by atoms with Crippen LogP contribution in [0.4, 0.5) is 17.1 Å². The standard InChI is InChI=1S/C16H20BN3.CH4/c1-17(2)13-5-7-14(8-6-13)18-19-15-9-11-16(12-10-15)20(3)4;/h5-12H,1-4H3;1H4. The molecule has 21 heavy (non-hydrogen) atoms. The van der Waals surface area contributed by atoms with Crippen molar-refractivity contribution in [3.8, 4) is 0 Å². The van der Waals surface area contributed by atoms with E-state index in [0.717, 1.165) is 17.1 Å². The van der Waals surface area contributed by atoms with Gasteiger partial charge in [-0.15, -0.1) is 0 Å². The van der Waals surface area contributed by atoms with Gasteiger partial charge in [0.05, 0.1) is 11.4 Å². The molecule has 0 saturated heterocycles. The molecule has 0 radical (unpaired) electrons. The summed E-state index contributed by atoms with van der Waals surface area (Å²) in [4.78, 5) is 2.06. The van der Waals surface area contributed by atoms with Gasteiger partial charge in [-0.25, -0.2) is 0 Å². The van der Waals surface area contributed by atoms with Gasteiger partial charge in [-0.3, -0.25) is 0 Å². The SMILES string of the molecule is C.CB(C)c1ccc(N=Nc2ccc(N(C)C)cc2)cc1. The Bertz CT molecular complexity index is 518. The van der Waals surface area contributed by atoms with E-state index in [9.17, 15) is 0 Å². The molecule has 110 valence electrons. The van der Waals surface area contributed by atoms with Gasteiger partial charge in [-0.05, 0) is 36.4 Å². The molecule has 0 aliphatic rings. The highest BCUT2D eigenvalue weighted by molar-refractivity contribution is 6.70. The number of azo groups is 1. The monoisotopic (exact) mass is 281 g/mol. The molecule has 0 unspecified atom stereocenters. The fourth-order valence-corrected chi connectivity index (χ4v) is 1.86. The molecule has 2 rings (SSSR count). The molecule has 0 aliphatic carbocycles. The third-order valence-corrected chi connectivity index (χ3v) is 3.21. The minimum atomic E-state index is 0. The van der Waals surface area contributed by atoms with Crippen LogP contribution in [0.1, 0.15) is 7.43 Å². The summed E-state index contributed by atoms with van der Waals surface area (Å²) in [6, 6.07) is 16.2. The van der Waals surface area contributed by atoms with E-state index in [1.54, 1.807) is 0 Å². The van der Waals surface area contributed by atoms with Crippen LogP contribution in [-0.2, 0) is 0 Å². The smallest absolute Gasteiger partial charge is 0.169 e. The highest BCUT2D eigenvalue weighted by atomic mass is 15.1. The zero-order chi connectivity index (χ0) is 14.5. The van der Waals surface area contributed by atoms with Crippen LogP contribution < -0.4 is 10.4 Å². The largest absolute Gasteiger partial charge is 0.378 e. The minimum absolute atomic E-state index is 0. The summed E-state index contributed by atoms with van der Waals surface area (Å²) in [6.45, 7) is 4.91. The number of hydrogen-bond donors (Lipinski definition) is 0. The van der Waals surface area contributed by atoms with Crippen LogP contribution in [0.15, 0.2) is 58.8 Å². The highest BCUT2D eigenvalue weighted by Gasteiger charge is 2.01. The Balaban J connectivity index is 0.00000220. The van der Waals surface area contributed by atoms with Gasteiger partial charge in [0, 0.05) is 19.8 Å². The molecule has 3 nitrogen and oxygen atoms in total. The molecule has 0 bridgehead atoms. The lowest BCUT2D eigenvalue weighted by atomic mass is 9.49. The first-order valence-electron chi connectivity index (χ1n) is 6.85. The summed E-state index contributed by atoms with van der Waals surface area (Å²) >= 11 is 0. The predicted molar refractivity (Wildman–Crippen MR) is 95.2 cm³/mol. The average Bonchev–Trinajstić information content (AvgIpc) is 2.46. The molecule has 0 atom stereocenters. The number of benzene rings is 2. The summed E-state index contributed by atoms with van der Waals surface area (Å²) < 4.78 is 0. The van der Waals surface area contributed by atoms with Gasteiger partial charge < -0.3 is 4.90 Å². The van der Waals surface area contributed by atoms with Crippen molar-refractivity contribution in [2.75, 3.05) is 19.0 Å². The fourth-order valence-electron chi connectivity index (χ4n) is 1.86. The highest BCUT2D eigenvalue weighted by Crippen LogP contribution is 2.20. The minimum Gasteiger partial charge on any atom is -0.378 e. The topological polar surface area (TPSA) is 28.0 Å². The first kappa shape index (κ1) is 17.0. The molecule has 2 aromatic carbocycles. The summed E-state index contributed by atoms with van der Waals surface area (Å²) in [7, 11) is 4.04. The Morgan fingerprint density at radius 3 is 1.57 bits per heavy atom. The predicted octanol–water partition coefficient (Wildman–Crippen LogP) is 4.77. The van der Waals surface area contributed by atoms with Crippen LogP contribution in [0.25, 0.3) is 0 Å². The molecule has 0 spiro atoms. The normalized spacial score (nSPS) is 10.3. The van der Waals surface area contributed by atoms with Crippen LogP contribution in [0.3, 0.4) is 0 Å². The molecule has 4 heteroatoms.